The highest BCUT2D eigenvalue weighted by Gasteiger charge is 2.07. The number of aryl methyl sites for hydroxylation is 1. The van der Waals surface area contributed by atoms with Crippen LogP contribution in [0, 0.1) is 0 Å². The molecule has 0 amide bonds. The molecular formula is C13H18O3. The molecule has 1 rings (SSSR count). The highest BCUT2D eigenvalue weighted by atomic mass is 16.7. The van der Waals surface area contributed by atoms with E-state index in [1.807, 2.05) is 12.1 Å². The minimum atomic E-state index is -0.654. The Labute approximate surface area is 96.4 Å². The summed E-state index contributed by atoms with van der Waals surface area (Å²) in [5.74, 6) is 0.519. The molecule has 0 aliphatic heterocycles. The Morgan fingerprint density at radius 1 is 1.25 bits per heavy atom. The lowest BCUT2D eigenvalue weighted by Gasteiger charge is -2.08. The Bertz CT molecular complexity index is 328. The SMILES string of the molecule is CCCc1ccc(OC(=O)OC(C)C)cc1. The minimum absolute atomic E-state index is 0.160. The molecule has 0 bridgehead atoms. The third kappa shape index (κ3) is 4.34. The maximum Gasteiger partial charge on any atom is 0.514 e. The molecule has 0 saturated heterocycles. The molecule has 0 atom stereocenters. The number of carbonyl (C=O) groups excluding carboxylic acids is 1. The molecule has 16 heavy (non-hydrogen) atoms. The normalized spacial score (nSPS) is 10.2. The predicted molar refractivity (Wildman–Crippen MR) is 62.7 cm³/mol. The summed E-state index contributed by atoms with van der Waals surface area (Å²) in [5.41, 5.74) is 1.24. The first-order chi connectivity index (χ1) is 7.61. The second-order valence-corrected chi connectivity index (χ2v) is 3.91. The van der Waals surface area contributed by atoms with Gasteiger partial charge in [-0.2, -0.15) is 0 Å². The lowest BCUT2D eigenvalue weighted by molar-refractivity contribution is 0.0729. The fourth-order valence-corrected chi connectivity index (χ4v) is 1.33. The standard InChI is InChI=1S/C13H18O3/c1-4-5-11-6-8-12(9-7-11)16-13(14)15-10(2)3/h6-10H,4-5H2,1-3H3. The molecule has 0 aliphatic rings. The average molecular weight is 222 g/mol. The summed E-state index contributed by atoms with van der Waals surface area (Å²) < 4.78 is 9.87. The molecule has 0 radical (unpaired) electrons. The Morgan fingerprint density at radius 3 is 2.38 bits per heavy atom. The highest BCUT2D eigenvalue weighted by molar-refractivity contribution is 5.63. The van der Waals surface area contributed by atoms with Crippen LogP contribution in [0.15, 0.2) is 24.3 Å². The zero-order valence-electron chi connectivity index (χ0n) is 10.0. The molecule has 0 spiro atoms. The van der Waals surface area contributed by atoms with Gasteiger partial charge in [-0.25, -0.2) is 4.79 Å². The van der Waals surface area contributed by atoms with E-state index in [1.54, 1.807) is 26.0 Å². The second kappa shape index (κ2) is 6.16. The molecule has 0 aromatic heterocycles. The molecule has 88 valence electrons. The molecule has 3 heteroatoms. The Morgan fingerprint density at radius 2 is 1.88 bits per heavy atom. The van der Waals surface area contributed by atoms with Crippen LogP contribution in [0.3, 0.4) is 0 Å². The first kappa shape index (κ1) is 12.6. The fourth-order valence-electron chi connectivity index (χ4n) is 1.33. The molecule has 0 heterocycles. The van der Waals surface area contributed by atoms with Gasteiger partial charge >= 0.3 is 6.16 Å². The third-order valence-electron chi connectivity index (χ3n) is 2.00. The highest BCUT2D eigenvalue weighted by Crippen LogP contribution is 2.14. The van der Waals surface area contributed by atoms with Gasteiger partial charge in [0.2, 0.25) is 0 Å². The van der Waals surface area contributed by atoms with E-state index in [1.165, 1.54) is 5.56 Å². The van der Waals surface area contributed by atoms with Crippen molar-refractivity contribution in [3.05, 3.63) is 29.8 Å². The van der Waals surface area contributed by atoms with E-state index in [4.69, 9.17) is 9.47 Å². The van der Waals surface area contributed by atoms with Crippen LogP contribution >= 0.6 is 0 Å². The van der Waals surface area contributed by atoms with E-state index >= 15 is 0 Å². The topological polar surface area (TPSA) is 35.5 Å². The summed E-state index contributed by atoms with van der Waals surface area (Å²) in [7, 11) is 0. The number of hydrogen-bond donors (Lipinski definition) is 0. The second-order valence-electron chi connectivity index (χ2n) is 3.91. The lowest BCUT2D eigenvalue weighted by Crippen LogP contribution is -2.15. The number of hydrogen-bond acceptors (Lipinski definition) is 3. The van der Waals surface area contributed by atoms with E-state index in [2.05, 4.69) is 6.92 Å². The largest absolute Gasteiger partial charge is 0.514 e. The van der Waals surface area contributed by atoms with Gasteiger partial charge in [0.15, 0.2) is 0 Å². The van der Waals surface area contributed by atoms with Gasteiger partial charge in [0.1, 0.15) is 5.75 Å². The van der Waals surface area contributed by atoms with E-state index < -0.39 is 6.16 Å². The quantitative estimate of drug-likeness (QED) is 0.577. The molecule has 1 aromatic carbocycles. The van der Waals surface area contributed by atoms with E-state index in [0.717, 1.165) is 12.8 Å². The van der Waals surface area contributed by atoms with Crippen molar-refractivity contribution in [2.45, 2.75) is 39.7 Å². The lowest BCUT2D eigenvalue weighted by atomic mass is 10.1. The van der Waals surface area contributed by atoms with Crippen LogP contribution in [0.5, 0.6) is 5.75 Å². The summed E-state index contributed by atoms with van der Waals surface area (Å²) in [4.78, 5) is 11.2. The van der Waals surface area contributed by atoms with Gasteiger partial charge in [-0.1, -0.05) is 25.5 Å². The van der Waals surface area contributed by atoms with Gasteiger partial charge in [-0.05, 0) is 38.0 Å². The van der Waals surface area contributed by atoms with Gasteiger partial charge in [0.25, 0.3) is 0 Å². The van der Waals surface area contributed by atoms with Crippen LogP contribution < -0.4 is 4.74 Å². The van der Waals surface area contributed by atoms with E-state index in [9.17, 15) is 4.79 Å². The van der Waals surface area contributed by atoms with Crippen molar-refractivity contribution in [1.29, 1.82) is 0 Å². The Hall–Kier alpha value is -1.51. The van der Waals surface area contributed by atoms with E-state index in [0.29, 0.717) is 5.75 Å². The zero-order chi connectivity index (χ0) is 12.0. The van der Waals surface area contributed by atoms with Crippen molar-refractivity contribution in [3.63, 3.8) is 0 Å². The van der Waals surface area contributed by atoms with Gasteiger partial charge in [0, 0.05) is 0 Å². The van der Waals surface area contributed by atoms with Crippen LogP contribution in [0.4, 0.5) is 4.79 Å². The summed E-state index contributed by atoms with van der Waals surface area (Å²) in [6, 6.07) is 7.49. The summed E-state index contributed by atoms with van der Waals surface area (Å²) in [6.45, 7) is 5.70. The summed E-state index contributed by atoms with van der Waals surface area (Å²) in [6.07, 6.45) is 1.33. The number of ether oxygens (including phenoxy) is 2. The smallest absolute Gasteiger partial charge is 0.431 e. The molecule has 3 nitrogen and oxygen atoms in total. The molecule has 0 N–H and O–H groups in total. The first-order valence-corrected chi connectivity index (χ1v) is 5.59. The van der Waals surface area contributed by atoms with Gasteiger partial charge in [0.05, 0.1) is 6.10 Å². The average Bonchev–Trinajstić information content (AvgIpc) is 2.20. The molecule has 0 fully saturated rings. The molecule has 0 unspecified atom stereocenters. The van der Waals surface area contributed by atoms with Crippen molar-refractivity contribution >= 4 is 6.16 Å². The molecule has 0 saturated carbocycles. The summed E-state index contributed by atoms with van der Waals surface area (Å²) in [5, 5.41) is 0. The molecule has 0 aliphatic carbocycles. The van der Waals surface area contributed by atoms with Crippen molar-refractivity contribution in [1.82, 2.24) is 0 Å². The van der Waals surface area contributed by atoms with Gasteiger partial charge in [-0.3, -0.25) is 0 Å². The van der Waals surface area contributed by atoms with Crippen LogP contribution in [0.25, 0.3) is 0 Å². The number of benzene rings is 1. The number of carbonyl (C=O) groups is 1. The zero-order valence-corrected chi connectivity index (χ0v) is 10.0. The molecular weight excluding hydrogens is 204 g/mol. The number of rotatable bonds is 4. The Balaban J connectivity index is 2.51. The maximum absolute atomic E-state index is 11.2. The van der Waals surface area contributed by atoms with Crippen LogP contribution in [0.2, 0.25) is 0 Å². The van der Waals surface area contributed by atoms with Crippen molar-refractivity contribution in [2.75, 3.05) is 0 Å². The summed E-state index contributed by atoms with van der Waals surface area (Å²) >= 11 is 0. The van der Waals surface area contributed by atoms with Gasteiger partial charge in [-0.15, -0.1) is 0 Å². The van der Waals surface area contributed by atoms with Gasteiger partial charge < -0.3 is 9.47 Å². The van der Waals surface area contributed by atoms with E-state index in [-0.39, 0.29) is 6.10 Å². The minimum Gasteiger partial charge on any atom is -0.431 e. The monoisotopic (exact) mass is 222 g/mol. The van der Waals surface area contributed by atoms with Crippen molar-refractivity contribution in [2.24, 2.45) is 0 Å². The predicted octanol–water partition coefficient (Wildman–Crippen LogP) is 3.56. The first-order valence-electron chi connectivity index (χ1n) is 5.59. The molecule has 1 aromatic rings. The van der Waals surface area contributed by atoms with Crippen LogP contribution in [0.1, 0.15) is 32.8 Å². The third-order valence-corrected chi connectivity index (χ3v) is 2.00. The van der Waals surface area contributed by atoms with Crippen molar-refractivity contribution in [3.8, 4) is 5.75 Å². The Kier molecular flexibility index (Phi) is 4.83. The fraction of sp³-hybridized carbons (Fsp3) is 0.462. The van der Waals surface area contributed by atoms with Crippen LogP contribution in [-0.4, -0.2) is 12.3 Å². The van der Waals surface area contributed by atoms with Crippen LogP contribution in [-0.2, 0) is 11.2 Å². The maximum atomic E-state index is 11.2. The van der Waals surface area contributed by atoms with Crippen molar-refractivity contribution < 1.29 is 14.3 Å².